The van der Waals surface area contributed by atoms with Gasteiger partial charge in [-0.15, -0.1) is 0 Å². The maximum atomic E-state index is 13.9. The van der Waals surface area contributed by atoms with E-state index in [-0.39, 0.29) is 29.1 Å². The van der Waals surface area contributed by atoms with Crippen molar-refractivity contribution in [3.05, 3.63) is 96.1 Å². The van der Waals surface area contributed by atoms with Crippen LogP contribution in [-0.4, -0.2) is 43.8 Å². The van der Waals surface area contributed by atoms with E-state index in [0.29, 0.717) is 5.56 Å². The molecule has 1 fully saturated rings. The summed E-state index contributed by atoms with van der Waals surface area (Å²) in [4.78, 5) is 28.3. The average Bonchev–Trinajstić information content (AvgIpc) is 2.96. The topological polar surface area (TPSA) is 86.8 Å². The molecule has 1 atom stereocenters. The van der Waals surface area contributed by atoms with Gasteiger partial charge in [-0.2, -0.15) is 0 Å². The summed E-state index contributed by atoms with van der Waals surface area (Å²) in [7, 11) is -4.28. The molecule has 2 amide bonds. The Bertz CT molecular complexity index is 1400. The summed E-state index contributed by atoms with van der Waals surface area (Å²) < 4.78 is 55.4. The van der Waals surface area contributed by atoms with Crippen molar-refractivity contribution in [2.75, 3.05) is 10.8 Å². The van der Waals surface area contributed by atoms with Crippen LogP contribution in [0, 0.1) is 11.6 Å². The number of benzene rings is 3. The average molecular weight is 570 g/mol. The highest BCUT2D eigenvalue weighted by Crippen LogP contribution is 2.25. The number of para-hydroxylation sites is 1. The molecule has 0 radical (unpaired) electrons. The minimum Gasteiger partial charge on any atom is -0.352 e. The highest BCUT2D eigenvalue weighted by Gasteiger charge is 2.33. The fraction of sp³-hybridized carbons (Fsp3) is 0.333. The van der Waals surface area contributed by atoms with Crippen LogP contribution in [0.15, 0.2) is 83.8 Å². The number of hydrogen-bond acceptors (Lipinski definition) is 4. The second-order valence-corrected chi connectivity index (χ2v) is 11.8. The molecule has 3 aromatic rings. The monoisotopic (exact) mass is 569 g/mol. The van der Waals surface area contributed by atoms with Gasteiger partial charge in [0.2, 0.25) is 11.8 Å². The van der Waals surface area contributed by atoms with Gasteiger partial charge in [-0.05, 0) is 73.9 Å². The zero-order valence-electron chi connectivity index (χ0n) is 22.3. The third-order valence-corrected chi connectivity index (χ3v) is 8.90. The predicted octanol–water partition coefficient (Wildman–Crippen LogP) is 5.03. The molecule has 10 heteroatoms. The minimum atomic E-state index is -4.28. The van der Waals surface area contributed by atoms with Crippen molar-refractivity contribution in [1.29, 1.82) is 0 Å². The fourth-order valence-corrected chi connectivity index (χ4v) is 6.21. The summed E-state index contributed by atoms with van der Waals surface area (Å²) in [5.74, 6) is -1.99. The van der Waals surface area contributed by atoms with E-state index in [1.807, 2.05) is 0 Å². The van der Waals surface area contributed by atoms with Crippen molar-refractivity contribution in [2.45, 2.75) is 62.6 Å². The zero-order chi connectivity index (χ0) is 28.7. The number of rotatable bonds is 10. The Hall–Kier alpha value is -3.79. The molecule has 1 saturated carbocycles. The molecule has 0 saturated heterocycles. The first-order chi connectivity index (χ1) is 19.1. The fourth-order valence-electron chi connectivity index (χ4n) is 4.79. The number of carbonyl (C=O) groups is 2. The van der Waals surface area contributed by atoms with Crippen LogP contribution < -0.4 is 9.62 Å². The van der Waals surface area contributed by atoms with Gasteiger partial charge in [0.25, 0.3) is 10.0 Å². The molecule has 1 N–H and O–H groups in total. The number of carbonyl (C=O) groups excluding carboxylic acids is 2. The third kappa shape index (κ3) is 7.24. The first-order valence-electron chi connectivity index (χ1n) is 13.3. The normalized spacial score (nSPS) is 14.8. The number of nitrogens with one attached hydrogen (secondary N) is 1. The molecule has 3 aromatic carbocycles. The van der Waals surface area contributed by atoms with Crippen LogP contribution in [-0.2, 0) is 26.2 Å². The van der Waals surface area contributed by atoms with E-state index >= 15 is 0 Å². The van der Waals surface area contributed by atoms with E-state index in [9.17, 15) is 26.8 Å². The Morgan fingerprint density at radius 3 is 2.05 bits per heavy atom. The van der Waals surface area contributed by atoms with Gasteiger partial charge in [0, 0.05) is 12.6 Å². The molecular weight excluding hydrogens is 536 g/mol. The molecule has 4 rings (SSSR count). The first-order valence-corrected chi connectivity index (χ1v) is 14.8. The zero-order valence-corrected chi connectivity index (χ0v) is 23.1. The Balaban J connectivity index is 1.65. The largest absolute Gasteiger partial charge is 0.352 e. The molecule has 1 aliphatic rings. The Kier molecular flexibility index (Phi) is 9.52. The molecule has 212 valence electrons. The molecule has 0 aromatic heterocycles. The van der Waals surface area contributed by atoms with Crippen molar-refractivity contribution >= 4 is 27.5 Å². The number of nitrogens with zero attached hydrogens (tertiary/aromatic N) is 2. The Morgan fingerprint density at radius 2 is 1.45 bits per heavy atom. The minimum absolute atomic E-state index is 0.0196. The first kappa shape index (κ1) is 29.2. The molecule has 0 aliphatic heterocycles. The van der Waals surface area contributed by atoms with Gasteiger partial charge in [0.05, 0.1) is 10.6 Å². The summed E-state index contributed by atoms with van der Waals surface area (Å²) in [6.07, 6.45) is 4.88. The van der Waals surface area contributed by atoms with Gasteiger partial charge < -0.3 is 10.2 Å². The smallest absolute Gasteiger partial charge is 0.264 e. The van der Waals surface area contributed by atoms with Gasteiger partial charge in [0.1, 0.15) is 24.2 Å². The lowest BCUT2D eigenvalue weighted by Gasteiger charge is -2.33. The SMILES string of the molecule is C[C@@H](C(=O)NC1CCCCC1)N(Cc1ccc(F)cc1)C(=O)CN(c1ccccc1)S(=O)(=O)c1ccc(F)cc1. The van der Waals surface area contributed by atoms with Crippen molar-refractivity contribution < 1.29 is 26.8 Å². The summed E-state index contributed by atoms with van der Waals surface area (Å²) in [6, 6.07) is 17.1. The molecule has 0 bridgehead atoms. The molecule has 7 nitrogen and oxygen atoms in total. The molecule has 0 heterocycles. The second kappa shape index (κ2) is 13.0. The third-order valence-electron chi connectivity index (χ3n) is 7.11. The quantitative estimate of drug-likeness (QED) is 0.371. The van der Waals surface area contributed by atoms with Crippen LogP contribution in [0.1, 0.15) is 44.6 Å². The summed E-state index contributed by atoms with van der Waals surface area (Å²) >= 11 is 0. The van der Waals surface area contributed by atoms with Gasteiger partial charge in [-0.1, -0.05) is 49.6 Å². The van der Waals surface area contributed by atoms with E-state index < -0.39 is 40.2 Å². The van der Waals surface area contributed by atoms with Crippen molar-refractivity contribution in [3.8, 4) is 0 Å². The van der Waals surface area contributed by atoms with Crippen LogP contribution in [0.2, 0.25) is 0 Å². The standard InChI is InChI=1S/C30H33F2N3O4S/c1-22(30(37)33-26-8-4-2-5-9-26)34(20-23-12-14-24(31)15-13-23)29(36)21-35(27-10-6-3-7-11-27)40(38,39)28-18-16-25(32)17-19-28/h3,6-7,10-19,22,26H,2,4-5,8-9,20-21H2,1H3,(H,33,37)/t22-/m0/s1. The lowest BCUT2D eigenvalue weighted by molar-refractivity contribution is -0.139. The molecule has 0 unspecified atom stereocenters. The Morgan fingerprint density at radius 1 is 0.875 bits per heavy atom. The highest BCUT2D eigenvalue weighted by molar-refractivity contribution is 7.92. The summed E-state index contributed by atoms with van der Waals surface area (Å²) in [6.45, 7) is 0.963. The van der Waals surface area contributed by atoms with E-state index in [0.717, 1.165) is 60.7 Å². The van der Waals surface area contributed by atoms with Gasteiger partial charge >= 0.3 is 0 Å². The van der Waals surface area contributed by atoms with E-state index in [1.165, 1.54) is 29.2 Å². The van der Waals surface area contributed by atoms with Crippen LogP contribution in [0.5, 0.6) is 0 Å². The van der Waals surface area contributed by atoms with E-state index in [4.69, 9.17) is 0 Å². The van der Waals surface area contributed by atoms with Crippen LogP contribution in [0.25, 0.3) is 0 Å². The summed E-state index contributed by atoms with van der Waals surface area (Å²) in [5, 5.41) is 3.04. The molecule has 0 spiro atoms. The lowest BCUT2D eigenvalue weighted by Crippen LogP contribution is -2.53. The highest BCUT2D eigenvalue weighted by atomic mass is 32.2. The molecular formula is C30H33F2N3O4S. The van der Waals surface area contributed by atoms with Crippen molar-refractivity contribution in [3.63, 3.8) is 0 Å². The number of halogens is 2. The van der Waals surface area contributed by atoms with Gasteiger partial charge in [-0.3, -0.25) is 13.9 Å². The van der Waals surface area contributed by atoms with Crippen LogP contribution >= 0.6 is 0 Å². The van der Waals surface area contributed by atoms with Crippen LogP contribution in [0.3, 0.4) is 0 Å². The van der Waals surface area contributed by atoms with E-state index in [1.54, 1.807) is 37.3 Å². The van der Waals surface area contributed by atoms with Gasteiger partial charge in [0.15, 0.2) is 0 Å². The Labute approximate surface area is 233 Å². The number of sulfonamides is 1. The molecule has 40 heavy (non-hydrogen) atoms. The van der Waals surface area contributed by atoms with Crippen molar-refractivity contribution in [1.82, 2.24) is 10.2 Å². The molecule has 1 aliphatic carbocycles. The second-order valence-electron chi connectivity index (χ2n) is 9.97. The maximum Gasteiger partial charge on any atom is 0.264 e. The van der Waals surface area contributed by atoms with Gasteiger partial charge in [-0.25, -0.2) is 17.2 Å². The number of anilines is 1. The maximum absolute atomic E-state index is 13.9. The number of amides is 2. The predicted molar refractivity (Wildman–Crippen MR) is 149 cm³/mol. The van der Waals surface area contributed by atoms with E-state index in [2.05, 4.69) is 5.32 Å². The van der Waals surface area contributed by atoms with Crippen molar-refractivity contribution in [2.24, 2.45) is 0 Å². The number of hydrogen-bond donors (Lipinski definition) is 1. The summed E-state index contributed by atoms with van der Waals surface area (Å²) in [5.41, 5.74) is 0.820. The lowest BCUT2D eigenvalue weighted by atomic mass is 9.95. The van der Waals surface area contributed by atoms with Crippen LogP contribution in [0.4, 0.5) is 14.5 Å².